The minimum Gasteiger partial charge on any atom is -0.490 e. The summed E-state index contributed by atoms with van der Waals surface area (Å²) in [5, 5.41) is 0.271. The zero-order valence-electron chi connectivity index (χ0n) is 17.9. The molecule has 0 aromatic heterocycles. The van der Waals surface area contributed by atoms with Gasteiger partial charge in [0.05, 0.1) is 22.2 Å². The standard InChI is InChI=1S/C25H18Cl2FNO4S/c1-2-32-21-11-16(10-20(27)23(21)33-14-15-6-8-18(28)9-7-15)12-22-24(30)29(25(31)34-22)19-5-3-4-17(26)13-19/h3-13H,2,14H2,1H3/b22-12+. The second-order valence-electron chi connectivity index (χ2n) is 7.18. The molecule has 3 aromatic carbocycles. The lowest BCUT2D eigenvalue weighted by Gasteiger charge is -2.15. The molecule has 34 heavy (non-hydrogen) atoms. The van der Waals surface area contributed by atoms with E-state index in [-0.39, 0.29) is 22.4 Å². The van der Waals surface area contributed by atoms with Crippen LogP contribution >= 0.6 is 35.0 Å². The molecule has 1 heterocycles. The van der Waals surface area contributed by atoms with Gasteiger partial charge in [-0.2, -0.15) is 0 Å². The molecule has 0 unspecified atom stereocenters. The van der Waals surface area contributed by atoms with Crippen LogP contribution in [-0.2, 0) is 11.4 Å². The van der Waals surface area contributed by atoms with E-state index in [1.807, 2.05) is 6.92 Å². The summed E-state index contributed by atoms with van der Waals surface area (Å²) in [7, 11) is 0. The van der Waals surface area contributed by atoms with Crippen molar-refractivity contribution in [2.45, 2.75) is 13.5 Å². The maximum absolute atomic E-state index is 13.1. The maximum Gasteiger partial charge on any atom is 0.298 e. The smallest absolute Gasteiger partial charge is 0.298 e. The molecule has 3 aromatic rings. The average molecular weight is 518 g/mol. The number of thioether (sulfide) groups is 1. The van der Waals surface area contributed by atoms with Crippen LogP contribution in [0.5, 0.6) is 11.5 Å². The number of imide groups is 1. The first-order valence-electron chi connectivity index (χ1n) is 10.2. The van der Waals surface area contributed by atoms with Crippen molar-refractivity contribution in [1.29, 1.82) is 0 Å². The number of halogens is 3. The number of anilines is 1. The van der Waals surface area contributed by atoms with Gasteiger partial charge in [-0.3, -0.25) is 9.59 Å². The Kier molecular flexibility index (Phi) is 7.46. The molecule has 1 aliphatic rings. The van der Waals surface area contributed by atoms with Crippen molar-refractivity contribution in [1.82, 2.24) is 0 Å². The van der Waals surface area contributed by atoms with E-state index in [4.69, 9.17) is 32.7 Å². The van der Waals surface area contributed by atoms with Gasteiger partial charge >= 0.3 is 0 Å². The van der Waals surface area contributed by atoms with E-state index in [9.17, 15) is 14.0 Å². The minimum absolute atomic E-state index is 0.165. The van der Waals surface area contributed by atoms with Crippen molar-refractivity contribution < 1.29 is 23.5 Å². The first-order valence-corrected chi connectivity index (χ1v) is 11.8. The SMILES string of the molecule is CCOc1cc(/C=C2/SC(=O)N(c3cccc(Cl)c3)C2=O)cc(Cl)c1OCc1ccc(F)cc1. The molecular formula is C25H18Cl2FNO4S. The number of carbonyl (C=O) groups excluding carboxylic acids is 2. The molecule has 0 N–H and O–H groups in total. The number of amides is 2. The van der Waals surface area contributed by atoms with Gasteiger partial charge in [0.15, 0.2) is 11.5 Å². The number of rotatable bonds is 7. The monoisotopic (exact) mass is 517 g/mol. The van der Waals surface area contributed by atoms with Gasteiger partial charge in [-0.1, -0.05) is 41.4 Å². The van der Waals surface area contributed by atoms with Gasteiger partial charge in [-0.15, -0.1) is 0 Å². The summed E-state index contributed by atoms with van der Waals surface area (Å²) >= 11 is 13.3. The summed E-state index contributed by atoms with van der Waals surface area (Å²) in [5.74, 6) is -0.0710. The highest BCUT2D eigenvalue weighted by Crippen LogP contribution is 2.40. The van der Waals surface area contributed by atoms with Crippen LogP contribution in [0, 0.1) is 5.82 Å². The minimum atomic E-state index is -0.456. The summed E-state index contributed by atoms with van der Waals surface area (Å²) in [5.41, 5.74) is 1.73. The van der Waals surface area contributed by atoms with Gasteiger partial charge < -0.3 is 9.47 Å². The number of hydrogen-bond donors (Lipinski definition) is 0. The summed E-state index contributed by atoms with van der Waals surface area (Å²) in [6.45, 7) is 2.34. The van der Waals surface area contributed by atoms with Crippen molar-refractivity contribution in [2.75, 3.05) is 11.5 Å². The molecular weight excluding hydrogens is 500 g/mol. The Morgan fingerprint density at radius 3 is 2.50 bits per heavy atom. The topological polar surface area (TPSA) is 55.8 Å². The Labute approximate surface area is 210 Å². The fourth-order valence-corrected chi connectivity index (χ4v) is 4.57. The number of ether oxygens (including phenoxy) is 2. The molecule has 174 valence electrons. The normalized spacial score (nSPS) is 14.7. The molecule has 5 nitrogen and oxygen atoms in total. The van der Waals surface area contributed by atoms with Crippen molar-refractivity contribution in [3.63, 3.8) is 0 Å². The summed E-state index contributed by atoms with van der Waals surface area (Å²) < 4.78 is 24.7. The Balaban J connectivity index is 1.60. The van der Waals surface area contributed by atoms with Crippen molar-refractivity contribution >= 4 is 57.9 Å². The van der Waals surface area contributed by atoms with E-state index >= 15 is 0 Å². The molecule has 0 bridgehead atoms. The molecule has 1 saturated heterocycles. The second-order valence-corrected chi connectivity index (χ2v) is 9.01. The van der Waals surface area contributed by atoms with Crippen LogP contribution in [0.25, 0.3) is 6.08 Å². The molecule has 0 radical (unpaired) electrons. The van der Waals surface area contributed by atoms with Crippen LogP contribution in [-0.4, -0.2) is 17.8 Å². The molecule has 2 amide bonds. The van der Waals surface area contributed by atoms with E-state index in [2.05, 4.69) is 0 Å². The van der Waals surface area contributed by atoms with Crippen LogP contribution in [0.15, 0.2) is 65.6 Å². The molecule has 1 aliphatic heterocycles. The summed E-state index contributed by atoms with van der Waals surface area (Å²) in [4.78, 5) is 26.8. The zero-order chi connectivity index (χ0) is 24.2. The predicted molar refractivity (Wildman–Crippen MR) is 133 cm³/mol. The summed E-state index contributed by atoms with van der Waals surface area (Å²) in [6.07, 6.45) is 1.58. The maximum atomic E-state index is 13.1. The van der Waals surface area contributed by atoms with Crippen LogP contribution in [0.2, 0.25) is 10.0 Å². The van der Waals surface area contributed by atoms with E-state index in [1.165, 1.54) is 12.1 Å². The largest absolute Gasteiger partial charge is 0.490 e. The zero-order valence-corrected chi connectivity index (χ0v) is 20.2. The van der Waals surface area contributed by atoms with E-state index in [1.54, 1.807) is 54.6 Å². The first kappa shape index (κ1) is 24.1. The van der Waals surface area contributed by atoms with Gasteiger partial charge in [-0.05, 0) is 78.4 Å². The lowest BCUT2D eigenvalue weighted by molar-refractivity contribution is -0.113. The molecule has 0 saturated carbocycles. The lowest BCUT2D eigenvalue weighted by Crippen LogP contribution is -2.27. The van der Waals surface area contributed by atoms with Crippen molar-refractivity contribution in [3.05, 3.63) is 92.6 Å². The third-order valence-electron chi connectivity index (χ3n) is 4.79. The quantitative estimate of drug-likeness (QED) is 0.306. The average Bonchev–Trinajstić information content (AvgIpc) is 3.07. The van der Waals surface area contributed by atoms with Crippen molar-refractivity contribution in [3.8, 4) is 11.5 Å². The summed E-state index contributed by atoms with van der Waals surface area (Å²) in [6, 6.07) is 15.8. The molecule has 4 rings (SSSR count). The molecule has 0 atom stereocenters. The Morgan fingerprint density at radius 1 is 1.03 bits per heavy atom. The molecule has 9 heteroatoms. The Morgan fingerprint density at radius 2 is 1.79 bits per heavy atom. The number of hydrogen-bond acceptors (Lipinski definition) is 5. The van der Waals surface area contributed by atoms with Gasteiger partial charge in [0.1, 0.15) is 12.4 Å². The highest BCUT2D eigenvalue weighted by molar-refractivity contribution is 8.19. The van der Waals surface area contributed by atoms with Crippen LogP contribution in [0.1, 0.15) is 18.1 Å². The fourth-order valence-electron chi connectivity index (χ4n) is 3.27. The lowest BCUT2D eigenvalue weighted by atomic mass is 10.1. The van der Waals surface area contributed by atoms with E-state index in [0.29, 0.717) is 34.4 Å². The van der Waals surface area contributed by atoms with Crippen LogP contribution in [0.4, 0.5) is 14.9 Å². The van der Waals surface area contributed by atoms with Crippen LogP contribution < -0.4 is 14.4 Å². The van der Waals surface area contributed by atoms with Gasteiger partial charge in [0.25, 0.3) is 11.1 Å². The molecule has 0 spiro atoms. The molecule has 0 aliphatic carbocycles. The van der Waals surface area contributed by atoms with Gasteiger partial charge in [0.2, 0.25) is 0 Å². The predicted octanol–water partition coefficient (Wildman–Crippen LogP) is 7.35. The fraction of sp³-hybridized carbons (Fsp3) is 0.120. The highest BCUT2D eigenvalue weighted by Gasteiger charge is 2.36. The molecule has 1 fully saturated rings. The highest BCUT2D eigenvalue weighted by atomic mass is 35.5. The van der Waals surface area contributed by atoms with Crippen LogP contribution in [0.3, 0.4) is 0 Å². The Hall–Kier alpha value is -3.00. The number of nitrogens with zero attached hydrogens (tertiary/aromatic N) is 1. The number of carbonyl (C=O) groups is 2. The second kappa shape index (κ2) is 10.5. The van der Waals surface area contributed by atoms with E-state index < -0.39 is 11.1 Å². The van der Waals surface area contributed by atoms with Crippen molar-refractivity contribution in [2.24, 2.45) is 0 Å². The first-order chi connectivity index (χ1) is 16.4. The van der Waals surface area contributed by atoms with Gasteiger partial charge in [-0.25, -0.2) is 9.29 Å². The Bertz CT molecular complexity index is 1280. The number of benzene rings is 3. The third-order valence-corrected chi connectivity index (χ3v) is 6.17. The van der Waals surface area contributed by atoms with Gasteiger partial charge in [0, 0.05) is 5.02 Å². The third kappa shape index (κ3) is 5.38. The van der Waals surface area contributed by atoms with E-state index in [0.717, 1.165) is 22.2 Å².